The third-order valence-electron chi connectivity index (χ3n) is 7.75. The van der Waals surface area contributed by atoms with Crippen molar-refractivity contribution in [2.45, 2.75) is 62.7 Å². The average molecular weight is 595 g/mol. The molecule has 10 nitrogen and oxygen atoms in total. The van der Waals surface area contributed by atoms with Crippen LogP contribution < -0.4 is 15.4 Å². The van der Waals surface area contributed by atoms with Crippen molar-refractivity contribution in [2.24, 2.45) is 0 Å². The van der Waals surface area contributed by atoms with Gasteiger partial charge in [-0.05, 0) is 43.3 Å². The molecule has 2 aliphatic heterocycles. The smallest absolute Gasteiger partial charge is 0.393 e. The summed E-state index contributed by atoms with van der Waals surface area (Å²) >= 11 is 1.09. The molecular weight excluding hydrogens is 568 g/mol. The van der Waals surface area contributed by atoms with Gasteiger partial charge in [0, 0.05) is 12.1 Å². The van der Waals surface area contributed by atoms with Crippen molar-refractivity contribution < 1.29 is 36.1 Å². The molecule has 2 bridgehead atoms. The molecule has 41 heavy (non-hydrogen) atoms. The van der Waals surface area contributed by atoms with Gasteiger partial charge in [0.05, 0.1) is 41.4 Å². The molecule has 4 atom stereocenters. The topological polar surface area (TPSA) is 119 Å². The maximum atomic E-state index is 15.4. The number of methoxy groups -OCH3 is 1. The number of hydrogen-bond acceptors (Lipinski definition) is 10. The van der Waals surface area contributed by atoms with Gasteiger partial charge < -0.3 is 24.4 Å². The zero-order valence-electron chi connectivity index (χ0n) is 22.0. The van der Waals surface area contributed by atoms with E-state index in [9.17, 15) is 18.0 Å². The van der Waals surface area contributed by atoms with Gasteiger partial charge in [-0.1, -0.05) is 22.4 Å². The molecule has 3 aromatic heterocycles. The van der Waals surface area contributed by atoms with Crippen molar-refractivity contribution in [2.75, 3.05) is 19.5 Å². The minimum atomic E-state index is -4.50. The summed E-state index contributed by atoms with van der Waals surface area (Å²) in [4.78, 5) is 18.9. The van der Waals surface area contributed by atoms with Crippen LogP contribution in [0.3, 0.4) is 0 Å². The number of amides is 1. The van der Waals surface area contributed by atoms with Gasteiger partial charge in [0.1, 0.15) is 6.17 Å². The predicted molar refractivity (Wildman–Crippen MR) is 141 cm³/mol. The largest absolute Gasteiger partial charge is 0.491 e. The Labute approximate surface area is 235 Å². The summed E-state index contributed by atoms with van der Waals surface area (Å²) < 4.78 is 72.0. The van der Waals surface area contributed by atoms with E-state index < -0.39 is 30.7 Å². The molecule has 0 saturated carbocycles. The quantitative estimate of drug-likeness (QED) is 0.273. The number of piperidine rings is 1. The molecule has 2 saturated heterocycles. The summed E-state index contributed by atoms with van der Waals surface area (Å²) in [5.41, 5.74) is 0.485. The average Bonchev–Trinajstić information content (AvgIpc) is 3.71. The number of thiophene rings is 1. The van der Waals surface area contributed by atoms with E-state index in [0.29, 0.717) is 22.2 Å². The number of benzene rings is 1. The predicted octanol–water partition coefficient (Wildman–Crippen LogP) is 4.97. The molecule has 0 spiro atoms. The number of halogens is 4. The number of anilines is 1. The zero-order valence-corrected chi connectivity index (χ0v) is 22.8. The number of rotatable bonds is 8. The van der Waals surface area contributed by atoms with E-state index in [4.69, 9.17) is 13.8 Å². The Morgan fingerprint density at radius 1 is 1.27 bits per heavy atom. The maximum absolute atomic E-state index is 15.4. The molecule has 2 N–H and O–H groups in total. The fourth-order valence-electron chi connectivity index (χ4n) is 5.76. The van der Waals surface area contributed by atoms with Gasteiger partial charge in [0.25, 0.3) is 5.91 Å². The van der Waals surface area contributed by atoms with E-state index in [1.807, 2.05) is 7.05 Å². The van der Waals surface area contributed by atoms with Crippen LogP contribution in [0.1, 0.15) is 41.2 Å². The Hall–Kier alpha value is -3.72. The Bertz CT molecular complexity index is 1570. The fourth-order valence-corrected chi connectivity index (χ4v) is 6.99. The molecule has 1 amide bonds. The summed E-state index contributed by atoms with van der Waals surface area (Å²) in [6, 6.07) is 4.67. The molecule has 4 aromatic rings. The molecule has 6 rings (SSSR count). The van der Waals surface area contributed by atoms with Crippen molar-refractivity contribution >= 4 is 33.0 Å². The molecule has 1 aromatic carbocycles. The van der Waals surface area contributed by atoms with Crippen LogP contribution in [0.25, 0.3) is 20.8 Å². The molecule has 15 heteroatoms. The lowest BCUT2D eigenvalue weighted by Crippen LogP contribution is -2.53. The molecular formula is C26H26F4N6O4S. The molecule has 218 valence electrons. The number of nitrogens with zero attached hydrogens (tertiary/aromatic N) is 4. The number of alkyl halides is 4. The van der Waals surface area contributed by atoms with E-state index in [0.717, 1.165) is 30.4 Å². The van der Waals surface area contributed by atoms with E-state index in [1.54, 1.807) is 18.2 Å². The summed E-state index contributed by atoms with van der Waals surface area (Å²) in [6.07, 6.45) is -3.32. The Balaban J connectivity index is 1.28. The number of fused-ring (bicyclic) bond motifs is 3. The van der Waals surface area contributed by atoms with Crippen LogP contribution in [0.5, 0.6) is 5.75 Å². The highest BCUT2D eigenvalue weighted by molar-refractivity contribution is 7.23. The van der Waals surface area contributed by atoms with Crippen LogP contribution in [0.15, 0.2) is 33.5 Å². The van der Waals surface area contributed by atoms with Gasteiger partial charge in [0.15, 0.2) is 12.0 Å². The zero-order chi connectivity index (χ0) is 28.9. The second-order valence-corrected chi connectivity index (χ2v) is 11.2. The molecule has 0 unspecified atom stereocenters. The lowest BCUT2D eigenvalue weighted by molar-refractivity contribution is -0.126. The summed E-state index contributed by atoms with van der Waals surface area (Å²) in [6.45, 7) is -0.204. The van der Waals surface area contributed by atoms with Crippen LogP contribution in [-0.4, -0.2) is 70.7 Å². The van der Waals surface area contributed by atoms with E-state index in [1.165, 1.54) is 7.11 Å². The molecule has 5 heterocycles. The van der Waals surface area contributed by atoms with Crippen molar-refractivity contribution in [3.8, 4) is 16.5 Å². The minimum absolute atomic E-state index is 0.00474. The minimum Gasteiger partial charge on any atom is -0.491 e. The van der Waals surface area contributed by atoms with Gasteiger partial charge >= 0.3 is 6.18 Å². The van der Waals surface area contributed by atoms with Crippen molar-refractivity contribution in [3.05, 3.63) is 41.6 Å². The standard InChI is InChI=1S/C26H26F4N6O4S/c1-36-12-6-7-17(36)20(27)16(8-12)32-15-5-3-4-13-14(9-26(28,29)30)23(41-22(13)15)24-33-19(40-35-24)10-31-25(37)21-18(38-2)11-39-34-21/h3-5,11-12,16-17,20,32H,6-10H2,1-2H3,(H,31,37)/t12-,16-,17+,20-/m1/s1. The van der Waals surface area contributed by atoms with Crippen LogP contribution in [0.2, 0.25) is 0 Å². The Kier molecular flexibility index (Phi) is 7.09. The Morgan fingerprint density at radius 2 is 2.10 bits per heavy atom. The van der Waals surface area contributed by atoms with Crippen molar-refractivity contribution in [1.29, 1.82) is 0 Å². The molecule has 0 radical (unpaired) electrons. The highest BCUT2D eigenvalue weighted by atomic mass is 32.1. The van der Waals surface area contributed by atoms with Crippen molar-refractivity contribution in [3.63, 3.8) is 0 Å². The third kappa shape index (κ3) is 5.23. The first-order valence-electron chi connectivity index (χ1n) is 13.0. The van der Waals surface area contributed by atoms with E-state index >= 15 is 4.39 Å². The van der Waals surface area contributed by atoms with Crippen LogP contribution in [0.4, 0.5) is 23.2 Å². The summed E-state index contributed by atoms with van der Waals surface area (Å²) in [5, 5.41) is 13.7. The Morgan fingerprint density at radius 3 is 2.88 bits per heavy atom. The molecule has 2 aliphatic rings. The first-order valence-corrected chi connectivity index (χ1v) is 13.8. The van der Waals surface area contributed by atoms with Gasteiger partial charge in [-0.3, -0.25) is 9.69 Å². The normalized spacial score (nSPS) is 22.8. The van der Waals surface area contributed by atoms with E-state index in [2.05, 4.69) is 30.8 Å². The van der Waals surface area contributed by atoms with E-state index in [-0.39, 0.29) is 52.2 Å². The summed E-state index contributed by atoms with van der Waals surface area (Å²) in [5.74, 6) is -0.557. The maximum Gasteiger partial charge on any atom is 0.393 e. The van der Waals surface area contributed by atoms with Crippen LogP contribution in [-0.2, 0) is 13.0 Å². The first kappa shape index (κ1) is 27.4. The molecule has 2 fully saturated rings. The highest BCUT2D eigenvalue weighted by Gasteiger charge is 2.46. The highest BCUT2D eigenvalue weighted by Crippen LogP contribution is 2.45. The first-order chi connectivity index (χ1) is 19.6. The van der Waals surface area contributed by atoms with Gasteiger partial charge in [-0.15, -0.1) is 11.3 Å². The van der Waals surface area contributed by atoms with Gasteiger partial charge in [0.2, 0.25) is 17.4 Å². The SMILES string of the molecule is COc1conc1C(=O)NCc1nc(-c2sc3c(N[C@@H]4C[C@H]5CC[C@@H]([C@@H]4F)N5C)cccc3c2CC(F)(F)F)no1. The van der Waals surface area contributed by atoms with Gasteiger partial charge in [-0.2, -0.15) is 18.2 Å². The fraction of sp³-hybridized carbons (Fsp3) is 0.462. The van der Waals surface area contributed by atoms with Crippen LogP contribution in [0, 0.1) is 0 Å². The lowest BCUT2D eigenvalue weighted by atomic mass is 9.95. The monoisotopic (exact) mass is 594 g/mol. The molecule has 0 aliphatic carbocycles. The number of hydrogen-bond donors (Lipinski definition) is 2. The second kappa shape index (κ2) is 10.6. The van der Waals surface area contributed by atoms with Crippen LogP contribution >= 0.6 is 11.3 Å². The van der Waals surface area contributed by atoms with Gasteiger partial charge in [-0.25, -0.2) is 4.39 Å². The third-order valence-corrected chi connectivity index (χ3v) is 9.03. The number of nitrogens with one attached hydrogen (secondary N) is 2. The second-order valence-electron chi connectivity index (χ2n) is 10.2. The summed E-state index contributed by atoms with van der Waals surface area (Å²) in [7, 11) is 3.29. The number of carbonyl (C=O) groups is 1. The van der Waals surface area contributed by atoms with Crippen molar-refractivity contribution in [1.82, 2.24) is 25.5 Å². The lowest BCUT2D eigenvalue weighted by Gasteiger charge is -2.39. The number of aromatic nitrogens is 3. The number of carbonyl (C=O) groups excluding carboxylic acids is 1. The number of ether oxygens (including phenoxy) is 1.